The van der Waals surface area contributed by atoms with E-state index in [2.05, 4.69) is 15.6 Å². The van der Waals surface area contributed by atoms with Gasteiger partial charge in [-0.05, 0) is 48.4 Å². The highest BCUT2D eigenvalue weighted by molar-refractivity contribution is 7.99. The number of carbonyl (C=O) groups is 2. The number of fused-ring (bicyclic) bond motifs is 1. The maximum absolute atomic E-state index is 13.2. The van der Waals surface area contributed by atoms with Crippen LogP contribution >= 0.6 is 11.8 Å². The average Bonchev–Trinajstić information content (AvgIpc) is 3.48. The van der Waals surface area contributed by atoms with Gasteiger partial charge in [0, 0.05) is 19.5 Å². The number of furan rings is 1. The largest absolute Gasteiger partial charge is 0.493 e. The summed E-state index contributed by atoms with van der Waals surface area (Å²) < 4.78 is 17.3. The van der Waals surface area contributed by atoms with E-state index in [1.165, 1.54) is 4.57 Å². The number of aromatic nitrogens is 2. The van der Waals surface area contributed by atoms with Crippen LogP contribution in [0.4, 0.5) is 0 Å². The first-order valence-corrected chi connectivity index (χ1v) is 13.4. The molecule has 11 heteroatoms. The third-order valence-corrected chi connectivity index (χ3v) is 6.92. The maximum Gasteiger partial charge on any atom is 0.262 e. The first-order valence-electron chi connectivity index (χ1n) is 12.4. The number of nitrogens with zero attached hydrogens (tertiary/aromatic N) is 2. The van der Waals surface area contributed by atoms with E-state index >= 15 is 0 Å². The van der Waals surface area contributed by atoms with Crippen LogP contribution in [0, 0.1) is 0 Å². The van der Waals surface area contributed by atoms with Crippen LogP contribution < -0.4 is 25.7 Å². The van der Waals surface area contributed by atoms with E-state index in [1.54, 1.807) is 56.9 Å². The SMILES string of the molecule is COc1ccc(CCNC(=O)CCn2c(SCC(=O)NCc3ccco3)nc3ccccc3c2=O)cc1OC. The molecule has 0 atom stereocenters. The smallest absolute Gasteiger partial charge is 0.262 e. The Balaban J connectivity index is 1.36. The molecule has 4 aromatic rings. The third kappa shape index (κ3) is 7.41. The van der Waals surface area contributed by atoms with Gasteiger partial charge in [0.1, 0.15) is 5.76 Å². The van der Waals surface area contributed by atoms with Crippen molar-refractivity contribution in [3.8, 4) is 11.5 Å². The molecule has 2 heterocycles. The summed E-state index contributed by atoms with van der Waals surface area (Å²) in [5, 5.41) is 6.51. The minimum atomic E-state index is -0.253. The second kappa shape index (κ2) is 13.5. The predicted octanol–water partition coefficient (Wildman–Crippen LogP) is 3.16. The molecule has 0 saturated heterocycles. The van der Waals surface area contributed by atoms with Crippen molar-refractivity contribution in [3.63, 3.8) is 0 Å². The number of rotatable bonds is 13. The molecule has 2 aromatic heterocycles. The number of hydrogen-bond acceptors (Lipinski definition) is 8. The Morgan fingerprint density at radius 3 is 2.59 bits per heavy atom. The van der Waals surface area contributed by atoms with Crippen molar-refractivity contribution in [3.05, 3.63) is 82.5 Å². The Kier molecular flexibility index (Phi) is 9.63. The minimum Gasteiger partial charge on any atom is -0.493 e. The van der Waals surface area contributed by atoms with Gasteiger partial charge in [-0.15, -0.1) is 0 Å². The lowest BCUT2D eigenvalue weighted by Gasteiger charge is -2.13. The number of para-hydroxylation sites is 1. The highest BCUT2D eigenvalue weighted by Gasteiger charge is 2.15. The summed E-state index contributed by atoms with van der Waals surface area (Å²) in [5.74, 6) is 1.56. The molecule has 10 nitrogen and oxygen atoms in total. The van der Waals surface area contributed by atoms with Crippen molar-refractivity contribution in [2.24, 2.45) is 0 Å². The monoisotopic (exact) mass is 550 g/mol. The molecule has 0 bridgehead atoms. The first-order chi connectivity index (χ1) is 19.0. The lowest BCUT2D eigenvalue weighted by molar-refractivity contribution is -0.121. The number of hydrogen-bond donors (Lipinski definition) is 2. The lowest BCUT2D eigenvalue weighted by atomic mass is 10.1. The van der Waals surface area contributed by atoms with Crippen LogP contribution in [0.1, 0.15) is 17.7 Å². The second-order valence-electron chi connectivity index (χ2n) is 8.55. The fraction of sp³-hybridized carbons (Fsp3) is 0.286. The molecule has 2 N–H and O–H groups in total. The summed E-state index contributed by atoms with van der Waals surface area (Å²) in [6, 6.07) is 16.2. The van der Waals surface area contributed by atoms with E-state index in [-0.39, 0.29) is 42.6 Å². The highest BCUT2D eigenvalue weighted by atomic mass is 32.2. The Morgan fingerprint density at radius 2 is 1.82 bits per heavy atom. The van der Waals surface area contributed by atoms with Crippen LogP contribution in [0.25, 0.3) is 10.9 Å². The van der Waals surface area contributed by atoms with Crippen LogP contribution in [0.2, 0.25) is 0 Å². The van der Waals surface area contributed by atoms with Crippen molar-refractivity contribution in [2.45, 2.75) is 31.1 Å². The summed E-state index contributed by atoms with van der Waals surface area (Å²) >= 11 is 1.15. The Morgan fingerprint density at radius 1 is 1.00 bits per heavy atom. The molecule has 2 aromatic carbocycles. The molecule has 39 heavy (non-hydrogen) atoms. The maximum atomic E-state index is 13.2. The molecule has 0 spiro atoms. The molecule has 0 fully saturated rings. The summed E-state index contributed by atoms with van der Waals surface area (Å²) in [6.45, 7) is 0.833. The summed E-state index contributed by atoms with van der Waals surface area (Å²) in [6.07, 6.45) is 2.24. The summed E-state index contributed by atoms with van der Waals surface area (Å²) in [4.78, 5) is 42.8. The summed E-state index contributed by atoms with van der Waals surface area (Å²) in [7, 11) is 3.16. The van der Waals surface area contributed by atoms with Gasteiger partial charge in [0.05, 0.1) is 43.7 Å². The number of benzene rings is 2. The molecule has 0 aliphatic rings. The Labute approximate surface area is 229 Å². The first kappa shape index (κ1) is 27.8. The van der Waals surface area contributed by atoms with Gasteiger partial charge in [-0.1, -0.05) is 30.0 Å². The molecular formula is C28H30N4O6S. The van der Waals surface area contributed by atoms with Crippen molar-refractivity contribution in [2.75, 3.05) is 26.5 Å². The van der Waals surface area contributed by atoms with Gasteiger partial charge < -0.3 is 24.5 Å². The van der Waals surface area contributed by atoms with Crippen molar-refractivity contribution >= 4 is 34.5 Å². The fourth-order valence-electron chi connectivity index (χ4n) is 3.92. The summed E-state index contributed by atoms with van der Waals surface area (Å²) in [5.41, 5.74) is 1.28. The molecule has 0 aliphatic heterocycles. The number of methoxy groups -OCH3 is 2. The minimum absolute atomic E-state index is 0.0585. The zero-order valence-electron chi connectivity index (χ0n) is 21.8. The standard InChI is InChI=1S/C28H30N4O6S/c1-36-23-10-9-19(16-24(23)37-2)11-13-29-25(33)12-14-32-27(35)21-7-3-4-8-22(21)31-28(32)39-18-26(34)30-17-20-6-5-15-38-20/h3-10,15-16H,11-14,17-18H2,1-2H3,(H,29,33)(H,30,34). The Hall–Kier alpha value is -4.25. The fourth-order valence-corrected chi connectivity index (χ4v) is 4.77. The third-order valence-electron chi connectivity index (χ3n) is 5.95. The van der Waals surface area contributed by atoms with E-state index in [1.807, 2.05) is 18.2 Å². The number of carbonyl (C=O) groups excluding carboxylic acids is 2. The van der Waals surface area contributed by atoms with Crippen molar-refractivity contribution in [1.82, 2.24) is 20.2 Å². The quantitative estimate of drug-likeness (QED) is 0.192. The molecule has 0 radical (unpaired) electrons. The van der Waals surface area contributed by atoms with Gasteiger partial charge in [0.15, 0.2) is 16.7 Å². The van der Waals surface area contributed by atoms with E-state index in [0.29, 0.717) is 46.3 Å². The Bertz CT molecular complexity index is 1490. The predicted molar refractivity (Wildman–Crippen MR) is 148 cm³/mol. The molecule has 0 aliphatic carbocycles. The normalized spacial score (nSPS) is 10.8. The van der Waals surface area contributed by atoms with Crippen LogP contribution in [0.5, 0.6) is 11.5 Å². The molecule has 2 amide bonds. The van der Waals surface area contributed by atoms with Gasteiger partial charge in [-0.2, -0.15) is 0 Å². The van der Waals surface area contributed by atoms with Crippen LogP contribution in [0.15, 0.2) is 75.2 Å². The molecule has 0 unspecified atom stereocenters. The molecule has 204 valence electrons. The van der Waals surface area contributed by atoms with Gasteiger partial charge in [-0.25, -0.2) is 4.98 Å². The molecule has 0 saturated carbocycles. The number of nitrogens with one attached hydrogen (secondary N) is 2. The van der Waals surface area contributed by atoms with Gasteiger partial charge in [0.2, 0.25) is 11.8 Å². The number of ether oxygens (including phenoxy) is 2. The van der Waals surface area contributed by atoms with Gasteiger partial charge in [0.25, 0.3) is 5.56 Å². The second-order valence-corrected chi connectivity index (χ2v) is 9.49. The van der Waals surface area contributed by atoms with Crippen molar-refractivity contribution in [1.29, 1.82) is 0 Å². The van der Waals surface area contributed by atoms with Gasteiger partial charge in [-0.3, -0.25) is 19.0 Å². The average molecular weight is 551 g/mol. The van der Waals surface area contributed by atoms with Crippen LogP contribution in [-0.4, -0.2) is 47.9 Å². The molecule has 4 rings (SSSR count). The van der Waals surface area contributed by atoms with E-state index in [0.717, 1.165) is 17.3 Å². The zero-order chi connectivity index (χ0) is 27.6. The van der Waals surface area contributed by atoms with Gasteiger partial charge >= 0.3 is 0 Å². The zero-order valence-corrected chi connectivity index (χ0v) is 22.6. The van der Waals surface area contributed by atoms with Crippen LogP contribution in [-0.2, 0) is 29.1 Å². The topological polar surface area (TPSA) is 125 Å². The number of thioether (sulfide) groups is 1. The van der Waals surface area contributed by atoms with E-state index in [4.69, 9.17) is 13.9 Å². The van der Waals surface area contributed by atoms with Crippen LogP contribution in [0.3, 0.4) is 0 Å². The molecular weight excluding hydrogens is 520 g/mol. The van der Waals surface area contributed by atoms with Crippen molar-refractivity contribution < 1.29 is 23.5 Å². The highest BCUT2D eigenvalue weighted by Crippen LogP contribution is 2.27. The van der Waals surface area contributed by atoms with E-state index in [9.17, 15) is 14.4 Å². The lowest BCUT2D eigenvalue weighted by Crippen LogP contribution is -2.30. The van der Waals surface area contributed by atoms with E-state index < -0.39 is 0 Å². The number of amides is 2.